The van der Waals surface area contributed by atoms with Gasteiger partial charge in [-0.05, 0) is 43.5 Å². The van der Waals surface area contributed by atoms with E-state index in [1.165, 1.54) is 0 Å². The quantitative estimate of drug-likeness (QED) is 0.827. The maximum absolute atomic E-state index is 10.8. The molecule has 3 heteroatoms. The molecule has 15 heavy (non-hydrogen) atoms. The molecule has 1 N–H and O–H groups in total. The number of benzene rings is 1. The van der Waals surface area contributed by atoms with Crippen LogP contribution >= 0.6 is 0 Å². The van der Waals surface area contributed by atoms with Gasteiger partial charge in [-0.25, -0.2) is 4.79 Å². The van der Waals surface area contributed by atoms with Gasteiger partial charge < -0.3 is 9.84 Å². The number of hydrogen-bond acceptors (Lipinski definition) is 2. The summed E-state index contributed by atoms with van der Waals surface area (Å²) in [7, 11) is 0. The molecule has 0 aliphatic rings. The summed E-state index contributed by atoms with van der Waals surface area (Å²) in [6, 6.07) is 5.71. The van der Waals surface area contributed by atoms with E-state index in [9.17, 15) is 4.79 Å². The Morgan fingerprint density at radius 1 is 1.33 bits per heavy atom. The average molecular weight is 208 g/mol. The van der Waals surface area contributed by atoms with Crippen LogP contribution in [0.3, 0.4) is 0 Å². The molecule has 0 radical (unpaired) electrons. The second-order valence-corrected chi connectivity index (χ2v) is 3.68. The number of carboxylic acid groups (broad SMARTS) is 1. The summed E-state index contributed by atoms with van der Waals surface area (Å²) in [4.78, 5) is 10.8. The Labute approximate surface area is 89.7 Å². The van der Waals surface area contributed by atoms with Crippen LogP contribution in [0.5, 0.6) is 5.75 Å². The van der Waals surface area contributed by atoms with Gasteiger partial charge in [0, 0.05) is 0 Å². The Kier molecular flexibility index (Phi) is 3.72. The van der Waals surface area contributed by atoms with Crippen molar-refractivity contribution in [3.8, 4) is 5.75 Å². The molecule has 0 aromatic heterocycles. The van der Waals surface area contributed by atoms with Crippen LogP contribution in [0.4, 0.5) is 0 Å². The van der Waals surface area contributed by atoms with Crippen molar-refractivity contribution in [1.82, 2.24) is 0 Å². The Balaban J connectivity index is 2.83. The molecule has 0 aliphatic heterocycles. The van der Waals surface area contributed by atoms with Gasteiger partial charge >= 0.3 is 5.97 Å². The molecule has 0 aliphatic carbocycles. The summed E-state index contributed by atoms with van der Waals surface area (Å²) in [5, 5.41) is 8.85. The van der Waals surface area contributed by atoms with E-state index in [4.69, 9.17) is 9.84 Å². The first kappa shape index (κ1) is 11.6. The van der Waals surface area contributed by atoms with Crippen LogP contribution in [0, 0.1) is 13.8 Å². The number of aryl methyl sites for hydroxylation is 2. The number of rotatable bonds is 4. The lowest BCUT2D eigenvalue weighted by Gasteiger charge is -2.14. The lowest BCUT2D eigenvalue weighted by atomic mass is 10.1. The second-order valence-electron chi connectivity index (χ2n) is 3.68. The molecule has 0 saturated heterocycles. The van der Waals surface area contributed by atoms with Gasteiger partial charge in [0.1, 0.15) is 5.75 Å². The Hall–Kier alpha value is -1.51. The Morgan fingerprint density at radius 3 is 2.27 bits per heavy atom. The van der Waals surface area contributed by atoms with E-state index in [2.05, 4.69) is 0 Å². The predicted octanol–water partition coefficient (Wildman–Crippen LogP) is 2.55. The topological polar surface area (TPSA) is 46.5 Å². The zero-order chi connectivity index (χ0) is 11.4. The van der Waals surface area contributed by atoms with Gasteiger partial charge in [-0.15, -0.1) is 0 Å². The molecule has 0 spiro atoms. The summed E-state index contributed by atoms with van der Waals surface area (Å²) in [6.45, 7) is 5.71. The molecule has 1 aromatic carbocycles. The van der Waals surface area contributed by atoms with Crippen LogP contribution in [-0.4, -0.2) is 17.2 Å². The molecule has 0 amide bonds. The first-order valence-electron chi connectivity index (χ1n) is 5.00. The fraction of sp³-hybridized carbons (Fsp3) is 0.417. The van der Waals surface area contributed by atoms with Gasteiger partial charge in [0.25, 0.3) is 0 Å². The molecule has 0 saturated carbocycles. The van der Waals surface area contributed by atoms with Crippen molar-refractivity contribution in [2.75, 3.05) is 0 Å². The number of carboxylic acids is 1. The fourth-order valence-electron chi connectivity index (χ4n) is 1.47. The van der Waals surface area contributed by atoms with Crippen LogP contribution in [0.2, 0.25) is 0 Å². The summed E-state index contributed by atoms with van der Waals surface area (Å²) in [5.74, 6) is -0.293. The van der Waals surface area contributed by atoms with E-state index < -0.39 is 12.1 Å². The van der Waals surface area contributed by atoms with E-state index >= 15 is 0 Å². The van der Waals surface area contributed by atoms with E-state index in [0.29, 0.717) is 12.2 Å². The smallest absolute Gasteiger partial charge is 0.344 e. The first-order valence-corrected chi connectivity index (χ1v) is 5.00. The van der Waals surface area contributed by atoms with Crippen molar-refractivity contribution in [2.45, 2.75) is 33.3 Å². The largest absolute Gasteiger partial charge is 0.479 e. The zero-order valence-corrected chi connectivity index (χ0v) is 9.28. The Bertz CT molecular complexity index is 338. The highest BCUT2D eigenvalue weighted by Crippen LogP contribution is 2.18. The van der Waals surface area contributed by atoms with Gasteiger partial charge in [0.2, 0.25) is 0 Å². The van der Waals surface area contributed by atoms with Gasteiger partial charge in [-0.1, -0.05) is 13.0 Å². The van der Waals surface area contributed by atoms with Crippen molar-refractivity contribution in [1.29, 1.82) is 0 Å². The van der Waals surface area contributed by atoms with E-state index in [1.54, 1.807) is 6.92 Å². The third kappa shape index (κ3) is 3.27. The molecule has 82 valence electrons. The lowest BCUT2D eigenvalue weighted by molar-refractivity contribution is -0.145. The first-order chi connectivity index (χ1) is 7.02. The van der Waals surface area contributed by atoms with E-state index in [0.717, 1.165) is 11.1 Å². The molecular formula is C12H16O3. The minimum Gasteiger partial charge on any atom is -0.479 e. The summed E-state index contributed by atoms with van der Waals surface area (Å²) < 4.78 is 5.39. The van der Waals surface area contributed by atoms with Crippen molar-refractivity contribution in [2.24, 2.45) is 0 Å². The third-order valence-electron chi connectivity index (χ3n) is 2.12. The molecule has 3 nitrogen and oxygen atoms in total. The molecule has 1 rings (SSSR count). The number of aliphatic carboxylic acids is 1. The molecule has 0 bridgehead atoms. The van der Waals surface area contributed by atoms with Crippen molar-refractivity contribution < 1.29 is 14.6 Å². The van der Waals surface area contributed by atoms with E-state index in [1.807, 2.05) is 32.0 Å². The molecule has 1 aromatic rings. The summed E-state index contributed by atoms with van der Waals surface area (Å²) in [5.41, 5.74) is 2.15. The van der Waals surface area contributed by atoms with Crippen LogP contribution < -0.4 is 4.74 Å². The maximum atomic E-state index is 10.8. The molecular weight excluding hydrogens is 192 g/mol. The number of hydrogen-bond donors (Lipinski definition) is 1. The minimum absolute atomic E-state index is 0.461. The standard InChI is InChI=1S/C12H16O3/c1-4-11(12(13)14)15-10-6-8(2)5-9(3)7-10/h5-7,11H,4H2,1-3H3,(H,13,14)/t11-/m0/s1. The van der Waals surface area contributed by atoms with Crippen molar-refractivity contribution >= 4 is 5.97 Å². The maximum Gasteiger partial charge on any atom is 0.344 e. The lowest BCUT2D eigenvalue weighted by Crippen LogP contribution is -2.25. The zero-order valence-electron chi connectivity index (χ0n) is 9.28. The summed E-state index contributed by atoms with van der Waals surface area (Å²) in [6.07, 6.45) is -0.298. The molecule has 0 unspecified atom stereocenters. The van der Waals surface area contributed by atoms with Gasteiger partial charge in [0.15, 0.2) is 6.10 Å². The molecule has 0 heterocycles. The highest BCUT2D eigenvalue weighted by molar-refractivity contribution is 5.72. The normalized spacial score (nSPS) is 12.2. The minimum atomic E-state index is -0.920. The molecule has 1 atom stereocenters. The van der Waals surface area contributed by atoms with Crippen molar-refractivity contribution in [3.05, 3.63) is 29.3 Å². The third-order valence-corrected chi connectivity index (χ3v) is 2.12. The SMILES string of the molecule is CC[C@H](Oc1cc(C)cc(C)c1)C(=O)O. The highest BCUT2D eigenvalue weighted by Gasteiger charge is 2.16. The number of ether oxygens (including phenoxy) is 1. The highest BCUT2D eigenvalue weighted by atomic mass is 16.5. The van der Waals surface area contributed by atoms with Gasteiger partial charge in [-0.3, -0.25) is 0 Å². The Morgan fingerprint density at radius 2 is 1.87 bits per heavy atom. The van der Waals surface area contributed by atoms with E-state index in [-0.39, 0.29) is 0 Å². The van der Waals surface area contributed by atoms with Crippen LogP contribution in [-0.2, 0) is 4.79 Å². The van der Waals surface area contributed by atoms with Crippen LogP contribution in [0.15, 0.2) is 18.2 Å². The predicted molar refractivity (Wildman–Crippen MR) is 58.3 cm³/mol. The fourth-order valence-corrected chi connectivity index (χ4v) is 1.47. The van der Waals surface area contributed by atoms with Gasteiger partial charge in [0.05, 0.1) is 0 Å². The van der Waals surface area contributed by atoms with Gasteiger partial charge in [-0.2, -0.15) is 0 Å². The number of carbonyl (C=O) groups is 1. The molecule has 0 fully saturated rings. The monoisotopic (exact) mass is 208 g/mol. The van der Waals surface area contributed by atoms with Crippen LogP contribution in [0.1, 0.15) is 24.5 Å². The van der Waals surface area contributed by atoms with Crippen molar-refractivity contribution in [3.63, 3.8) is 0 Å². The van der Waals surface area contributed by atoms with Crippen LogP contribution in [0.25, 0.3) is 0 Å². The average Bonchev–Trinajstić information content (AvgIpc) is 2.12. The second kappa shape index (κ2) is 4.82. The summed E-state index contributed by atoms with van der Waals surface area (Å²) >= 11 is 0.